The fourth-order valence-electron chi connectivity index (χ4n) is 2.96. The third-order valence-electron chi connectivity index (χ3n) is 4.02. The molecule has 1 aliphatic heterocycles. The van der Waals surface area contributed by atoms with Crippen LogP contribution in [0.5, 0.6) is 0 Å². The van der Waals surface area contributed by atoms with Crippen LogP contribution in [-0.4, -0.2) is 53.6 Å². The van der Waals surface area contributed by atoms with Gasteiger partial charge < -0.3 is 4.90 Å². The summed E-state index contributed by atoms with van der Waals surface area (Å²) in [5.74, 6) is 0.806. The average molecular weight is 349 g/mol. The number of nitrogens with one attached hydrogen (secondary N) is 1. The van der Waals surface area contributed by atoms with Crippen molar-refractivity contribution in [1.29, 1.82) is 5.26 Å². The number of aryl methyl sites for hydroxylation is 1. The summed E-state index contributed by atoms with van der Waals surface area (Å²) >= 11 is 0. The van der Waals surface area contributed by atoms with Gasteiger partial charge in [0.1, 0.15) is 12.1 Å². The van der Waals surface area contributed by atoms with Crippen molar-refractivity contribution >= 4 is 26.9 Å². The van der Waals surface area contributed by atoms with Crippen LogP contribution >= 0.6 is 0 Å². The molecule has 2 aromatic rings. The van der Waals surface area contributed by atoms with Crippen LogP contribution in [0.4, 0.5) is 5.82 Å². The fraction of sp³-hybridized carbons (Fsp3) is 0.571. The van der Waals surface area contributed by atoms with Crippen LogP contribution in [0.3, 0.4) is 0 Å². The first kappa shape index (κ1) is 16.6. The zero-order valence-corrected chi connectivity index (χ0v) is 14.2. The van der Waals surface area contributed by atoms with Gasteiger partial charge in [-0.2, -0.15) is 10.4 Å². The van der Waals surface area contributed by atoms with E-state index in [1.165, 1.54) is 12.6 Å². The Balaban J connectivity index is 1.76. The number of fused-ring (bicyclic) bond motifs is 1. The molecule has 3 heterocycles. The van der Waals surface area contributed by atoms with Gasteiger partial charge in [0, 0.05) is 19.1 Å². The topological polar surface area (TPSA) is 117 Å². The first-order chi connectivity index (χ1) is 11.5. The van der Waals surface area contributed by atoms with E-state index in [0.29, 0.717) is 31.7 Å². The number of sulfonamides is 1. The van der Waals surface area contributed by atoms with Crippen molar-refractivity contribution in [3.63, 3.8) is 0 Å². The van der Waals surface area contributed by atoms with E-state index in [4.69, 9.17) is 5.26 Å². The summed E-state index contributed by atoms with van der Waals surface area (Å²) in [6, 6.07) is 2.07. The predicted molar refractivity (Wildman–Crippen MR) is 88.8 cm³/mol. The monoisotopic (exact) mass is 349 g/mol. The predicted octanol–water partition coefficient (Wildman–Crippen LogP) is 0.258. The quantitative estimate of drug-likeness (QED) is 0.822. The van der Waals surface area contributed by atoms with Crippen LogP contribution < -0.4 is 9.62 Å². The number of piperidine rings is 1. The lowest BCUT2D eigenvalue weighted by Crippen LogP contribution is -2.44. The van der Waals surface area contributed by atoms with Gasteiger partial charge in [-0.3, -0.25) is 0 Å². The Bertz CT molecular complexity index is 863. The van der Waals surface area contributed by atoms with Crippen molar-refractivity contribution < 1.29 is 8.42 Å². The molecule has 0 saturated carbocycles. The Morgan fingerprint density at radius 3 is 2.79 bits per heavy atom. The van der Waals surface area contributed by atoms with Crippen molar-refractivity contribution in [2.24, 2.45) is 0 Å². The van der Waals surface area contributed by atoms with Crippen molar-refractivity contribution in [3.8, 4) is 6.07 Å². The molecule has 0 radical (unpaired) electrons. The number of anilines is 1. The van der Waals surface area contributed by atoms with E-state index < -0.39 is 10.0 Å². The van der Waals surface area contributed by atoms with Crippen molar-refractivity contribution in [1.82, 2.24) is 24.5 Å². The SMILES string of the molecule is CS(=O)(=O)NC1CCN(c2ncnc3c2cnn3CCC#N)CC1. The Kier molecular flexibility index (Phi) is 4.64. The molecule has 2 aromatic heterocycles. The number of nitrogens with zero attached hydrogens (tertiary/aromatic N) is 6. The zero-order chi connectivity index (χ0) is 17.2. The van der Waals surface area contributed by atoms with Gasteiger partial charge in [0.25, 0.3) is 0 Å². The van der Waals surface area contributed by atoms with Gasteiger partial charge in [-0.05, 0) is 12.8 Å². The van der Waals surface area contributed by atoms with E-state index in [1.54, 1.807) is 10.9 Å². The molecule has 128 valence electrons. The van der Waals surface area contributed by atoms with E-state index in [-0.39, 0.29) is 6.04 Å². The highest BCUT2D eigenvalue weighted by atomic mass is 32.2. The largest absolute Gasteiger partial charge is 0.356 e. The molecule has 0 spiro atoms. The third kappa shape index (κ3) is 3.63. The lowest BCUT2D eigenvalue weighted by molar-refractivity contribution is 0.460. The molecule has 1 aliphatic rings. The smallest absolute Gasteiger partial charge is 0.208 e. The number of nitriles is 1. The minimum atomic E-state index is -3.18. The highest BCUT2D eigenvalue weighted by Gasteiger charge is 2.24. The molecule has 0 aromatic carbocycles. The molecule has 0 aliphatic carbocycles. The minimum Gasteiger partial charge on any atom is -0.356 e. The molecule has 1 saturated heterocycles. The maximum absolute atomic E-state index is 11.3. The van der Waals surface area contributed by atoms with Crippen LogP contribution in [0.25, 0.3) is 11.0 Å². The lowest BCUT2D eigenvalue weighted by Gasteiger charge is -2.32. The molecule has 24 heavy (non-hydrogen) atoms. The highest BCUT2D eigenvalue weighted by Crippen LogP contribution is 2.25. The van der Waals surface area contributed by atoms with E-state index in [0.717, 1.165) is 24.0 Å². The summed E-state index contributed by atoms with van der Waals surface area (Å²) in [5.41, 5.74) is 0.714. The van der Waals surface area contributed by atoms with E-state index in [1.807, 2.05) is 0 Å². The molecule has 9 nitrogen and oxygen atoms in total. The Morgan fingerprint density at radius 2 is 2.12 bits per heavy atom. The summed E-state index contributed by atoms with van der Waals surface area (Å²) in [5, 5.41) is 13.9. The first-order valence-electron chi connectivity index (χ1n) is 7.73. The maximum Gasteiger partial charge on any atom is 0.208 e. The van der Waals surface area contributed by atoms with Gasteiger partial charge >= 0.3 is 0 Å². The molecule has 0 bridgehead atoms. The Hall–Kier alpha value is -2.25. The van der Waals surface area contributed by atoms with Gasteiger partial charge in [0.15, 0.2) is 5.65 Å². The van der Waals surface area contributed by atoms with E-state index >= 15 is 0 Å². The lowest BCUT2D eigenvalue weighted by atomic mass is 10.1. The van der Waals surface area contributed by atoms with Crippen molar-refractivity contribution in [2.75, 3.05) is 24.2 Å². The summed E-state index contributed by atoms with van der Waals surface area (Å²) in [4.78, 5) is 10.8. The van der Waals surface area contributed by atoms with Gasteiger partial charge in [-0.15, -0.1) is 0 Å². The number of aromatic nitrogens is 4. The van der Waals surface area contributed by atoms with Crippen LogP contribution in [0.1, 0.15) is 19.3 Å². The molecular formula is C14H19N7O2S. The normalized spacial score (nSPS) is 16.4. The summed E-state index contributed by atoms with van der Waals surface area (Å²) < 4.78 is 27.0. The Morgan fingerprint density at radius 1 is 1.38 bits per heavy atom. The summed E-state index contributed by atoms with van der Waals surface area (Å²) in [6.45, 7) is 1.92. The molecule has 1 N–H and O–H groups in total. The van der Waals surface area contributed by atoms with Gasteiger partial charge in [0.05, 0.1) is 36.9 Å². The van der Waals surface area contributed by atoms with Crippen LogP contribution in [0.2, 0.25) is 0 Å². The number of hydrogen-bond donors (Lipinski definition) is 1. The van der Waals surface area contributed by atoms with Crippen molar-refractivity contribution in [2.45, 2.75) is 31.8 Å². The second-order valence-corrected chi connectivity index (χ2v) is 7.64. The summed E-state index contributed by atoms with van der Waals surface area (Å²) in [6.07, 6.45) is 6.23. The van der Waals surface area contributed by atoms with E-state index in [9.17, 15) is 8.42 Å². The van der Waals surface area contributed by atoms with Crippen LogP contribution in [0.15, 0.2) is 12.5 Å². The molecule has 1 fully saturated rings. The first-order valence-corrected chi connectivity index (χ1v) is 9.63. The Labute approximate surface area is 140 Å². The number of rotatable bonds is 5. The maximum atomic E-state index is 11.3. The van der Waals surface area contributed by atoms with Gasteiger partial charge in [0.2, 0.25) is 10.0 Å². The zero-order valence-electron chi connectivity index (χ0n) is 13.4. The highest BCUT2D eigenvalue weighted by molar-refractivity contribution is 7.88. The molecule has 0 amide bonds. The minimum absolute atomic E-state index is 0.0353. The third-order valence-corrected chi connectivity index (χ3v) is 4.78. The standard InChI is InChI=1S/C14H19N7O2S/c1-24(22,23)19-11-3-7-20(8-4-11)13-12-9-18-21(6-2-5-15)14(12)17-10-16-13/h9-11,19H,2-4,6-8H2,1H3. The second kappa shape index (κ2) is 6.70. The van der Waals surface area contributed by atoms with Gasteiger partial charge in [-0.25, -0.2) is 27.8 Å². The van der Waals surface area contributed by atoms with Crippen molar-refractivity contribution in [3.05, 3.63) is 12.5 Å². The second-order valence-electron chi connectivity index (χ2n) is 5.86. The van der Waals surface area contributed by atoms with Crippen LogP contribution in [-0.2, 0) is 16.6 Å². The molecule has 0 atom stereocenters. The number of hydrogen-bond acceptors (Lipinski definition) is 7. The molecule has 0 unspecified atom stereocenters. The van der Waals surface area contributed by atoms with Gasteiger partial charge in [-0.1, -0.05) is 0 Å². The van der Waals surface area contributed by atoms with E-state index in [2.05, 4.69) is 30.8 Å². The van der Waals surface area contributed by atoms with Crippen LogP contribution in [0, 0.1) is 11.3 Å². The molecular weight excluding hydrogens is 330 g/mol. The molecule has 10 heteroatoms. The average Bonchev–Trinajstić information content (AvgIpc) is 2.95. The summed E-state index contributed by atoms with van der Waals surface area (Å²) in [7, 11) is -3.18. The fourth-order valence-corrected chi connectivity index (χ4v) is 3.81. The molecule has 3 rings (SSSR count).